The smallest absolute Gasteiger partial charge is 0.268 e. The first kappa shape index (κ1) is 18.0. The van der Waals surface area contributed by atoms with Gasteiger partial charge in [0.2, 0.25) is 5.13 Å². The molecule has 2 aromatic rings. The Labute approximate surface area is 148 Å². The molecule has 0 saturated carbocycles. The van der Waals surface area contributed by atoms with Gasteiger partial charge in [-0.25, -0.2) is 0 Å². The van der Waals surface area contributed by atoms with Gasteiger partial charge in [0.15, 0.2) is 4.34 Å². The van der Waals surface area contributed by atoms with E-state index in [1.807, 2.05) is 31.4 Å². The number of aromatic nitrogens is 2. The van der Waals surface area contributed by atoms with Gasteiger partial charge >= 0.3 is 0 Å². The van der Waals surface area contributed by atoms with Gasteiger partial charge in [-0.3, -0.25) is 10.1 Å². The van der Waals surface area contributed by atoms with Gasteiger partial charge in [-0.1, -0.05) is 42.2 Å². The highest BCUT2D eigenvalue weighted by molar-refractivity contribution is 8.00. The average molecular weight is 360 g/mol. The maximum Gasteiger partial charge on any atom is 0.268 e. The number of carbonyl (C=O) groups excluding carboxylic acids is 1. The molecule has 0 fully saturated rings. The molecule has 8 heteroatoms. The average Bonchev–Trinajstić information content (AvgIpc) is 3.06. The second-order valence-corrected chi connectivity index (χ2v) is 6.65. The highest BCUT2D eigenvalue weighted by Crippen LogP contribution is 2.23. The predicted octanol–water partition coefficient (Wildman–Crippen LogP) is 3.59. The Kier molecular flexibility index (Phi) is 6.78. The highest BCUT2D eigenvalue weighted by Gasteiger charge is 2.12. The molecule has 1 aromatic carbocycles. The molecule has 2 rings (SSSR count). The summed E-state index contributed by atoms with van der Waals surface area (Å²) in [5.41, 5.74) is 0.741. The number of carbonyl (C=O) groups is 1. The molecule has 0 radical (unpaired) electrons. The number of amides is 1. The molecule has 1 amide bonds. The van der Waals surface area contributed by atoms with Crippen LogP contribution in [0.4, 0.5) is 5.13 Å². The summed E-state index contributed by atoms with van der Waals surface area (Å²) in [6, 6.07) is 9.12. The monoisotopic (exact) mass is 360 g/mol. The Morgan fingerprint density at radius 1 is 1.42 bits per heavy atom. The lowest BCUT2D eigenvalue weighted by atomic mass is 10.1. The van der Waals surface area contributed by atoms with Crippen molar-refractivity contribution in [2.24, 2.45) is 0 Å². The van der Waals surface area contributed by atoms with Crippen LogP contribution in [0.25, 0.3) is 6.08 Å². The minimum absolute atomic E-state index is 0.00173. The van der Waals surface area contributed by atoms with E-state index in [0.717, 1.165) is 22.1 Å². The summed E-state index contributed by atoms with van der Waals surface area (Å²) in [6.07, 6.45) is 4.33. The van der Waals surface area contributed by atoms with Gasteiger partial charge in [-0.2, -0.15) is 5.26 Å². The van der Waals surface area contributed by atoms with Crippen LogP contribution in [-0.4, -0.2) is 29.0 Å². The normalized spacial score (nSPS) is 11.0. The molecule has 124 valence electrons. The second-order valence-electron chi connectivity index (χ2n) is 4.62. The van der Waals surface area contributed by atoms with Crippen molar-refractivity contribution < 1.29 is 9.53 Å². The van der Waals surface area contributed by atoms with Crippen molar-refractivity contribution >= 4 is 40.2 Å². The standard InChI is InChI=1S/C16H16N4O2S2/c1-3-8-22-13-6-4-11(5-7-13)9-12(10-17)14(21)18-15-19-20-16(23-2)24-15/h4-7,9H,3,8H2,1-2H3,(H,18,19,21)/b12-9+. The van der Waals surface area contributed by atoms with Gasteiger partial charge < -0.3 is 4.74 Å². The summed E-state index contributed by atoms with van der Waals surface area (Å²) in [7, 11) is 0. The van der Waals surface area contributed by atoms with E-state index in [-0.39, 0.29) is 5.57 Å². The number of nitrogens with zero attached hydrogens (tertiary/aromatic N) is 3. The molecule has 24 heavy (non-hydrogen) atoms. The van der Waals surface area contributed by atoms with E-state index in [2.05, 4.69) is 15.5 Å². The second kappa shape index (κ2) is 9.05. The summed E-state index contributed by atoms with van der Waals surface area (Å²) in [6.45, 7) is 2.69. The SMILES string of the molecule is CCCOc1ccc(/C=C(\C#N)C(=O)Nc2nnc(SC)s2)cc1. The first-order valence-electron chi connectivity index (χ1n) is 7.19. The van der Waals surface area contributed by atoms with Crippen molar-refractivity contribution in [1.82, 2.24) is 10.2 Å². The summed E-state index contributed by atoms with van der Waals surface area (Å²) < 4.78 is 6.25. The molecule has 0 aliphatic heterocycles. The molecule has 0 spiro atoms. The molecule has 0 saturated heterocycles. The molecular weight excluding hydrogens is 344 g/mol. The van der Waals surface area contributed by atoms with Crippen LogP contribution in [0.15, 0.2) is 34.2 Å². The zero-order valence-corrected chi connectivity index (χ0v) is 14.9. The zero-order chi connectivity index (χ0) is 17.4. The number of hydrogen-bond donors (Lipinski definition) is 1. The van der Waals surface area contributed by atoms with Gasteiger partial charge in [0.1, 0.15) is 17.4 Å². The number of hydrogen-bond acceptors (Lipinski definition) is 7. The van der Waals surface area contributed by atoms with E-state index >= 15 is 0 Å². The van der Waals surface area contributed by atoms with E-state index in [1.54, 1.807) is 12.1 Å². The minimum atomic E-state index is -0.507. The number of nitriles is 1. The Morgan fingerprint density at radius 2 is 2.17 bits per heavy atom. The predicted molar refractivity (Wildman–Crippen MR) is 96.1 cm³/mol. The first-order chi connectivity index (χ1) is 11.7. The molecule has 1 heterocycles. The molecule has 1 N–H and O–H groups in total. The highest BCUT2D eigenvalue weighted by atomic mass is 32.2. The third kappa shape index (κ3) is 5.08. The van der Waals surface area contributed by atoms with Crippen LogP contribution in [0, 0.1) is 11.3 Å². The van der Waals surface area contributed by atoms with Crippen molar-refractivity contribution in [3.63, 3.8) is 0 Å². The minimum Gasteiger partial charge on any atom is -0.494 e. The summed E-state index contributed by atoms with van der Waals surface area (Å²) in [5, 5.41) is 19.9. The van der Waals surface area contributed by atoms with Gasteiger partial charge in [0.05, 0.1) is 6.61 Å². The Morgan fingerprint density at radius 3 is 2.75 bits per heavy atom. The topological polar surface area (TPSA) is 87.9 Å². The maximum absolute atomic E-state index is 12.2. The Bertz CT molecular complexity index is 763. The lowest BCUT2D eigenvalue weighted by Crippen LogP contribution is -2.13. The molecule has 0 bridgehead atoms. The number of nitrogens with one attached hydrogen (secondary N) is 1. The molecular formula is C16H16N4O2S2. The van der Waals surface area contributed by atoms with Crippen molar-refractivity contribution in [3.05, 3.63) is 35.4 Å². The number of ether oxygens (including phenoxy) is 1. The van der Waals surface area contributed by atoms with Crippen molar-refractivity contribution in [2.45, 2.75) is 17.7 Å². The first-order valence-corrected chi connectivity index (χ1v) is 9.24. The lowest BCUT2D eigenvalue weighted by Gasteiger charge is -2.04. The van der Waals surface area contributed by atoms with E-state index < -0.39 is 5.91 Å². The van der Waals surface area contributed by atoms with Gasteiger partial charge in [0.25, 0.3) is 5.91 Å². The van der Waals surface area contributed by atoms with Crippen LogP contribution in [-0.2, 0) is 4.79 Å². The van der Waals surface area contributed by atoms with Crippen LogP contribution in [0.2, 0.25) is 0 Å². The molecule has 1 aromatic heterocycles. The summed E-state index contributed by atoms with van der Waals surface area (Å²) in [4.78, 5) is 12.2. The number of rotatable bonds is 7. The third-order valence-corrected chi connectivity index (χ3v) is 4.64. The van der Waals surface area contributed by atoms with E-state index in [0.29, 0.717) is 11.7 Å². The Balaban J connectivity index is 2.07. The Hall–Kier alpha value is -2.37. The van der Waals surface area contributed by atoms with E-state index in [9.17, 15) is 10.1 Å². The molecule has 0 aliphatic rings. The molecule has 0 aliphatic carbocycles. The molecule has 0 unspecified atom stereocenters. The maximum atomic E-state index is 12.2. The fourth-order valence-electron chi connectivity index (χ4n) is 1.70. The van der Waals surface area contributed by atoms with Crippen molar-refractivity contribution in [1.29, 1.82) is 5.26 Å². The fraction of sp³-hybridized carbons (Fsp3) is 0.250. The summed E-state index contributed by atoms with van der Waals surface area (Å²) in [5.74, 6) is 0.253. The van der Waals surface area contributed by atoms with Crippen LogP contribution in [0.3, 0.4) is 0 Å². The van der Waals surface area contributed by atoms with E-state index in [4.69, 9.17) is 4.74 Å². The van der Waals surface area contributed by atoms with Gasteiger partial charge in [-0.15, -0.1) is 10.2 Å². The number of anilines is 1. The van der Waals surface area contributed by atoms with Crippen molar-refractivity contribution in [2.75, 3.05) is 18.2 Å². The lowest BCUT2D eigenvalue weighted by molar-refractivity contribution is -0.112. The van der Waals surface area contributed by atoms with Crippen LogP contribution in [0.5, 0.6) is 5.75 Å². The number of benzene rings is 1. The van der Waals surface area contributed by atoms with Gasteiger partial charge in [-0.05, 0) is 36.4 Å². The summed E-state index contributed by atoms with van der Waals surface area (Å²) >= 11 is 2.70. The van der Waals surface area contributed by atoms with Crippen LogP contribution in [0.1, 0.15) is 18.9 Å². The van der Waals surface area contributed by atoms with Crippen LogP contribution >= 0.6 is 23.1 Å². The van der Waals surface area contributed by atoms with Crippen LogP contribution < -0.4 is 10.1 Å². The third-order valence-electron chi connectivity index (χ3n) is 2.83. The molecule has 6 nitrogen and oxygen atoms in total. The zero-order valence-electron chi connectivity index (χ0n) is 13.3. The number of thioether (sulfide) groups is 1. The van der Waals surface area contributed by atoms with E-state index in [1.165, 1.54) is 29.2 Å². The largest absolute Gasteiger partial charge is 0.494 e. The molecule has 0 atom stereocenters. The fourth-order valence-corrected chi connectivity index (χ4v) is 2.87. The van der Waals surface area contributed by atoms with Crippen molar-refractivity contribution in [3.8, 4) is 11.8 Å². The quantitative estimate of drug-likeness (QED) is 0.351. The van der Waals surface area contributed by atoms with Gasteiger partial charge in [0, 0.05) is 0 Å².